The van der Waals surface area contributed by atoms with Crippen LogP contribution < -0.4 is 9.47 Å². The van der Waals surface area contributed by atoms with Crippen molar-refractivity contribution >= 4 is 17.6 Å². The van der Waals surface area contributed by atoms with E-state index < -0.39 is 5.82 Å². The van der Waals surface area contributed by atoms with E-state index >= 15 is 0 Å². The lowest BCUT2D eigenvalue weighted by Gasteiger charge is -2.14. The molecule has 0 unspecified atom stereocenters. The van der Waals surface area contributed by atoms with Crippen molar-refractivity contribution in [1.82, 2.24) is 0 Å². The van der Waals surface area contributed by atoms with Crippen molar-refractivity contribution in [2.24, 2.45) is 0 Å². The smallest absolute Gasteiger partial charge is 0.310 e. The van der Waals surface area contributed by atoms with Gasteiger partial charge in [-0.05, 0) is 48.7 Å². The van der Waals surface area contributed by atoms with Gasteiger partial charge in [-0.25, -0.2) is 4.39 Å². The van der Waals surface area contributed by atoms with E-state index in [1.165, 1.54) is 6.07 Å². The van der Waals surface area contributed by atoms with Crippen molar-refractivity contribution in [1.29, 1.82) is 0 Å². The van der Waals surface area contributed by atoms with Gasteiger partial charge >= 0.3 is 5.97 Å². The predicted octanol–water partition coefficient (Wildman–Crippen LogP) is 5.24. The summed E-state index contributed by atoms with van der Waals surface area (Å²) >= 11 is 6.18. The maximum Gasteiger partial charge on any atom is 0.310 e. The first-order valence-electron chi connectivity index (χ1n) is 7.86. The number of hydrogen-bond acceptors (Lipinski definition) is 3. The van der Waals surface area contributed by atoms with Crippen molar-refractivity contribution in [2.75, 3.05) is 0 Å². The normalized spacial score (nSPS) is 10.5. The molecule has 0 saturated carbocycles. The number of benzene rings is 2. The molecule has 0 radical (unpaired) electrons. The minimum atomic E-state index is -0.420. The molecule has 0 aliphatic rings. The molecule has 0 saturated heterocycles. The van der Waals surface area contributed by atoms with Crippen LogP contribution in [0.2, 0.25) is 5.02 Å². The third kappa shape index (κ3) is 4.26. The average molecular weight is 351 g/mol. The molecule has 24 heavy (non-hydrogen) atoms. The van der Waals surface area contributed by atoms with Crippen LogP contribution in [0.15, 0.2) is 30.3 Å². The van der Waals surface area contributed by atoms with E-state index in [1.54, 1.807) is 31.2 Å². The fraction of sp³-hybridized carbons (Fsp3) is 0.316. The zero-order valence-electron chi connectivity index (χ0n) is 14.0. The van der Waals surface area contributed by atoms with Gasteiger partial charge < -0.3 is 9.47 Å². The molecule has 0 aliphatic heterocycles. The first-order valence-corrected chi connectivity index (χ1v) is 8.23. The van der Waals surface area contributed by atoms with Gasteiger partial charge in [0.05, 0.1) is 10.6 Å². The molecule has 0 bridgehead atoms. The van der Waals surface area contributed by atoms with Gasteiger partial charge in [0.1, 0.15) is 12.4 Å². The number of esters is 1. The summed E-state index contributed by atoms with van der Waals surface area (Å²) in [6, 6.07) is 8.15. The fourth-order valence-corrected chi connectivity index (χ4v) is 2.53. The summed E-state index contributed by atoms with van der Waals surface area (Å²) < 4.78 is 25.0. The maximum absolute atomic E-state index is 14.1. The van der Waals surface area contributed by atoms with Crippen LogP contribution >= 0.6 is 11.6 Å². The van der Waals surface area contributed by atoms with Crippen molar-refractivity contribution in [2.45, 2.75) is 40.2 Å². The molecular formula is C19H20ClFO3. The van der Waals surface area contributed by atoms with Crippen LogP contribution in [0.4, 0.5) is 4.39 Å². The molecule has 0 N–H and O–H groups in total. The molecule has 0 atom stereocenters. The number of carbonyl (C=O) groups is 1. The monoisotopic (exact) mass is 350 g/mol. The Balaban J connectivity index is 2.23. The van der Waals surface area contributed by atoms with Crippen LogP contribution in [0, 0.1) is 12.7 Å². The Morgan fingerprint density at radius 2 is 1.96 bits per heavy atom. The highest BCUT2D eigenvalue weighted by atomic mass is 35.5. The summed E-state index contributed by atoms with van der Waals surface area (Å²) in [5, 5.41) is 0.402. The maximum atomic E-state index is 14.1. The number of hydrogen-bond donors (Lipinski definition) is 0. The Morgan fingerprint density at radius 3 is 2.62 bits per heavy atom. The van der Waals surface area contributed by atoms with Crippen LogP contribution in [0.5, 0.6) is 11.5 Å². The van der Waals surface area contributed by atoms with Crippen LogP contribution in [-0.4, -0.2) is 5.97 Å². The van der Waals surface area contributed by atoms with Crippen molar-refractivity contribution in [3.8, 4) is 11.5 Å². The highest BCUT2D eigenvalue weighted by Crippen LogP contribution is 2.30. The van der Waals surface area contributed by atoms with Crippen molar-refractivity contribution < 1.29 is 18.7 Å². The summed E-state index contributed by atoms with van der Waals surface area (Å²) in [5.41, 5.74) is 2.42. The zero-order valence-corrected chi connectivity index (χ0v) is 14.7. The van der Waals surface area contributed by atoms with Gasteiger partial charge in [0, 0.05) is 6.42 Å². The molecule has 128 valence electrons. The van der Waals surface area contributed by atoms with Crippen LogP contribution in [0.3, 0.4) is 0 Å². The van der Waals surface area contributed by atoms with Gasteiger partial charge in [-0.1, -0.05) is 31.5 Å². The Bertz CT molecular complexity index is 744. The molecule has 2 aromatic rings. The largest absolute Gasteiger partial charge is 0.486 e. The van der Waals surface area contributed by atoms with Gasteiger partial charge in [-0.15, -0.1) is 0 Å². The summed E-state index contributed by atoms with van der Waals surface area (Å²) in [4.78, 5) is 11.5. The molecule has 0 spiro atoms. The number of ether oxygens (including phenoxy) is 2. The lowest BCUT2D eigenvalue weighted by Crippen LogP contribution is -2.09. The summed E-state index contributed by atoms with van der Waals surface area (Å²) in [7, 11) is 0. The molecule has 0 amide bonds. The van der Waals surface area contributed by atoms with Gasteiger partial charge in [-0.2, -0.15) is 0 Å². The fourth-order valence-electron chi connectivity index (χ4n) is 2.31. The third-order valence-corrected chi connectivity index (χ3v) is 4.09. The van der Waals surface area contributed by atoms with Gasteiger partial charge in [-0.3, -0.25) is 4.79 Å². The molecule has 2 aromatic carbocycles. The van der Waals surface area contributed by atoms with E-state index in [2.05, 4.69) is 0 Å². The first kappa shape index (κ1) is 18.3. The molecule has 0 heterocycles. The Labute approximate surface area is 146 Å². The minimum absolute atomic E-state index is 0.00777. The van der Waals surface area contributed by atoms with E-state index in [9.17, 15) is 9.18 Å². The van der Waals surface area contributed by atoms with Gasteiger partial charge in [0.15, 0.2) is 11.6 Å². The van der Waals surface area contributed by atoms with Gasteiger partial charge in [0.2, 0.25) is 0 Å². The van der Waals surface area contributed by atoms with Crippen molar-refractivity contribution in [3.63, 3.8) is 0 Å². The Morgan fingerprint density at radius 1 is 1.21 bits per heavy atom. The Kier molecular flexibility index (Phi) is 6.21. The topological polar surface area (TPSA) is 35.5 Å². The quantitative estimate of drug-likeness (QED) is 0.527. The predicted molar refractivity (Wildman–Crippen MR) is 92.2 cm³/mol. The number of aryl methyl sites for hydroxylation is 2. The SMILES string of the molecule is CCC(=O)Oc1cccc(Cl)c1COc1cc(C)c(CC)cc1F. The second-order valence-electron chi connectivity index (χ2n) is 5.40. The molecule has 0 aromatic heterocycles. The highest BCUT2D eigenvalue weighted by molar-refractivity contribution is 6.31. The lowest BCUT2D eigenvalue weighted by atomic mass is 10.1. The van der Waals surface area contributed by atoms with Gasteiger partial charge in [0.25, 0.3) is 0 Å². The molecule has 5 heteroatoms. The standard InChI is InChI=1S/C19H20ClFO3/c1-4-13-10-16(21)18(9-12(13)3)23-11-14-15(20)7-6-8-17(14)24-19(22)5-2/h6-10H,4-5,11H2,1-3H3. The molecule has 3 nitrogen and oxygen atoms in total. The van der Waals surface area contributed by atoms with Crippen LogP contribution in [0.1, 0.15) is 37.0 Å². The van der Waals surface area contributed by atoms with Crippen molar-refractivity contribution in [3.05, 3.63) is 57.9 Å². The van der Waals surface area contributed by atoms with E-state index in [0.29, 0.717) is 16.3 Å². The molecular weight excluding hydrogens is 331 g/mol. The van der Waals surface area contributed by atoms with E-state index in [1.807, 2.05) is 13.8 Å². The lowest BCUT2D eigenvalue weighted by molar-refractivity contribution is -0.134. The second kappa shape index (κ2) is 8.15. The minimum Gasteiger partial charge on any atom is -0.486 e. The number of carbonyl (C=O) groups excluding carboxylic acids is 1. The summed E-state index contributed by atoms with van der Waals surface area (Å²) in [6.45, 7) is 5.60. The molecule has 0 fully saturated rings. The molecule has 2 rings (SSSR count). The zero-order chi connectivity index (χ0) is 17.7. The third-order valence-electron chi connectivity index (χ3n) is 3.73. The van der Waals surface area contributed by atoms with E-state index in [0.717, 1.165) is 17.5 Å². The van der Waals surface area contributed by atoms with Crippen LogP contribution in [0.25, 0.3) is 0 Å². The van der Waals surface area contributed by atoms with E-state index in [-0.39, 0.29) is 24.7 Å². The average Bonchev–Trinajstić information content (AvgIpc) is 2.56. The number of halogens is 2. The van der Waals surface area contributed by atoms with Crippen LogP contribution in [-0.2, 0) is 17.8 Å². The molecule has 0 aliphatic carbocycles. The number of rotatable bonds is 6. The summed E-state index contributed by atoms with van der Waals surface area (Å²) in [6.07, 6.45) is 1.00. The van der Waals surface area contributed by atoms with E-state index in [4.69, 9.17) is 21.1 Å². The highest BCUT2D eigenvalue weighted by Gasteiger charge is 2.14. The Hall–Kier alpha value is -2.07. The summed E-state index contributed by atoms with van der Waals surface area (Å²) in [5.74, 6) is -0.307. The second-order valence-corrected chi connectivity index (χ2v) is 5.80. The first-order chi connectivity index (χ1) is 11.5.